The molecule has 0 aromatic heterocycles. The third-order valence-corrected chi connectivity index (χ3v) is 11.6. The number of phenols is 1. The van der Waals surface area contributed by atoms with Crippen LogP contribution in [0, 0.1) is 23.7 Å². The highest BCUT2D eigenvalue weighted by Gasteiger charge is 2.66. The molecule has 1 saturated heterocycles. The largest absolute Gasteiger partial charge is 0.508 e. The lowest BCUT2D eigenvalue weighted by Crippen LogP contribution is -2.58. The van der Waals surface area contributed by atoms with E-state index in [1.807, 2.05) is 72.8 Å². The van der Waals surface area contributed by atoms with Crippen molar-refractivity contribution in [3.63, 3.8) is 0 Å². The maximum Gasteiger partial charge on any atom is 0.305 e. The molecule has 2 N–H and O–H groups in total. The zero-order chi connectivity index (χ0) is 36.9. The van der Waals surface area contributed by atoms with Gasteiger partial charge in [-0.25, -0.2) is 0 Å². The number of hydrogen-bond acceptors (Lipinski definition) is 7. The second-order valence-electron chi connectivity index (χ2n) is 14.3. The molecule has 6 atom stereocenters. The van der Waals surface area contributed by atoms with Gasteiger partial charge < -0.3 is 14.9 Å². The van der Waals surface area contributed by atoms with Gasteiger partial charge in [-0.3, -0.25) is 28.9 Å². The van der Waals surface area contributed by atoms with Crippen LogP contribution in [0.3, 0.4) is 0 Å². The van der Waals surface area contributed by atoms with Crippen LogP contribution >= 0.6 is 0 Å². The van der Waals surface area contributed by atoms with Gasteiger partial charge in [0.05, 0.1) is 23.7 Å². The molecule has 3 aliphatic carbocycles. The van der Waals surface area contributed by atoms with Crippen molar-refractivity contribution in [3.8, 4) is 11.5 Å². The van der Waals surface area contributed by atoms with E-state index in [4.69, 9.17) is 4.74 Å². The maximum atomic E-state index is 15.2. The standard InChI is InChI=1S/C44H37NO8/c46-36-22-29(53-25-26-10-4-1-5-11-26)16-17-31(36)40-30-18-19-32-39(43(52)45(42(32)51)21-20-38(48)49)34(30)23-35-41(50)33(27-12-6-2-7-13-27)24-37(47)44(35,40)28-14-8-3-9-15-28/h1-18,22,24,32,34-35,39-40,46H,19-21,23,25H2,(H,48,49)/t32-,34+,35-,39-,40+,44-/m0/s1. The summed E-state index contributed by atoms with van der Waals surface area (Å²) < 4.78 is 6.04. The molecule has 4 aliphatic rings. The van der Waals surface area contributed by atoms with Crippen LogP contribution in [0.1, 0.15) is 47.4 Å². The Morgan fingerprint density at radius 2 is 1.51 bits per heavy atom. The summed E-state index contributed by atoms with van der Waals surface area (Å²) in [7, 11) is 0. The molecular weight excluding hydrogens is 670 g/mol. The zero-order valence-electron chi connectivity index (χ0n) is 28.8. The van der Waals surface area contributed by atoms with Gasteiger partial charge in [0.25, 0.3) is 0 Å². The number of amides is 2. The van der Waals surface area contributed by atoms with E-state index < -0.39 is 52.8 Å². The third kappa shape index (κ3) is 5.58. The van der Waals surface area contributed by atoms with Crippen molar-refractivity contribution in [2.75, 3.05) is 6.54 Å². The minimum Gasteiger partial charge on any atom is -0.508 e. The van der Waals surface area contributed by atoms with Crippen molar-refractivity contribution in [1.82, 2.24) is 4.90 Å². The first kappa shape index (κ1) is 34.0. The van der Waals surface area contributed by atoms with Gasteiger partial charge >= 0.3 is 5.97 Å². The van der Waals surface area contributed by atoms with Crippen LogP contribution in [-0.2, 0) is 36.0 Å². The number of imide groups is 1. The highest BCUT2D eigenvalue weighted by molar-refractivity contribution is 6.31. The van der Waals surface area contributed by atoms with Crippen LogP contribution in [0.25, 0.3) is 5.57 Å². The average Bonchev–Trinajstić information content (AvgIpc) is 3.43. The first-order valence-electron chi connectivity index (χ1n) is 17.9. The second-order valence-corrected chi connectivity index (χ2v) is 14.3. The van der Waals surface area contributed by atoms with Gasteiger partial charge in [0.15, 0.2) is 11.6 Å². The van der Waals surface area contributed by atoms with Crippen molar-refractivity contribution in [1.29, 1.82) is 0 Å². The molecule has 266 valence electrons. The monoisotopic (exact) mass is 707 g/mol. The molecule has 4 aromatic carbocycles. The molecule has 0 radical (unpaired) electrons. The summed E-state index contributed by atoms with van der Waals surface area (Å²) in [6, 6.07) is 32.8. The minimum atomic E-state index is -1.50. The average molecular weight is 708 g/mol. The van der Waals surface area contributed by atoms with Crippen molar-refractivity contribution in [2.24, 2.45) is 23.7 Å². The number of hydrogen-bond donors (Lipinski definition) is 2. The van der Waals surface area contributed by atoms with Crippen LogP contribution in [0.4, 0.5) is 0 Å². The van der Waals surface area contributed by atoms with Gasteiger partial charge in [0.2, 0.25) is 11.8 Å². The normalized spacial score (nSPS) is 26.3. The number of ether oxygens (including phenoxy) is 1. The van der Waals surface area contributed by atoms with Crippen LogP contribution in [-0.4, -0.2) is 51.0 Å². The Kier molecular flexibility index (Phi) is 8.65. The Hall–Kier alpha value is -6.09. The molecule has 1 aliphatic heterocycles. The number of carbonyl (C=O) groups excluding carboxylic acids is 4. The number of Topliss-reactive ketones (excluding diaryl/α,β-unsaturated/α-hetero) is 1. The molecule has 2 fully saturated rings. The molecule has 9 nitrogen and oxygen atoms in total. The van der Waals surface area contributed by atoms with Gasteiger partial charge in [0.1, 0.15) is 18.1 Å². The minimum absolute atomic E-state index is 0.109. The van der Waals surface area contributed by atoms with E-state index in [1.54, 1.807) is 36.4 Å². The highest BCUT2D eigenvalue weighted by atomic mass is 16.5. The number of phenolic OH excluding ortho intramolecular Hbond substituents is 1. The van der Waals surface area contributed by atoms with Gasteiger partial charge in [-0.2, -0.15) is 0 Å². The Labute approximate surface area is 306 Å². The van der Waals surface area contributed by atoms with Crippen molar-refractivity contribution >= 4 is 34.9 Å². The molecule has 8 rings (SSSR count). The van der Waals surface area contributed by atoms with E-state index in [-0.39, 0.29) is 55.3 Å². The molecule has 9 heteroatoms. The van der Waals surface area contributed by atoms with E-state index in [2.05, 4.69) is 0 Å². The van der Waals surface area contributed by atoms with E-state index >= 15 is 9.59 Å². The Bertz CT molecular complexity index is 2190. The molecule has 0 unspecified atom stereocenters. The number of fused-ring (bicyclic) bond motifs is 4. The van der Waals surface area contributed by atoms with E-state index in [0.717, 1.165) is 10.5 Å². The number of ketones is 2. The molecule has 1 heterocycles. The molecule has 2 amide bonds. The molecule has 4 aromatic rings. The second kappa shape index (κ2) is 13.5. The summed E-state index contributed by atoms with van der Waals surface area (Å²) in [5.74, 6) is -6.35. The summed E-state index contributed by atoms with van der Waals surface area (Å²) >= 11 is 0. The number of allylic oxidation sites excluding steroid dienone is 4. The van der Waals surface area contributed by atoms with Gasteiger partial charge in [-0.05, 0) is 47.6 Å². The van der Waals surface area contributed by atoms with E-state index in [0.29, 0.717) is 28.0 Å². The smallest absolute Gasteiger partial charge is 0.305 e. The summed E-state index contributed by atoms with van der Waals surface area (Å²) in [6.45, 7) is 0.0242. The number of carboxylic acid groups (broad SMARTS) is 1. The Balaban J connectivity index is 1.30. The lowest BCUT2D eigenvalue weighted by atomic mass is 9.44. The number of carbonyl (C=O) groups is 5. The molecule has 0 bridgehead atoms. The molecule has 53 heavy (non-hydrogen) atoms. The number of aliphatic carboxylic acids is 1. The van der Waals surface area contributed by atoms with E-state index in [9.17, 15) is 24.6 Å². The number of aromatic hydroxyl groups is 1. The van der Waals surface area contributed by atoms with Gasteiger partial charge in [-0.1, -0.05) is 109 Å². The van der Waals surface area contributed by atoms with Crippen LogP contribution in [0.15, 0.2) is 127 Å². The number of rotatable bonds is 9. The zero-order valence-corrected chi connectivity index (χ0v) is 28.8. The Morgan fingerprint density at radius 3 is 2.19 bits per heavy atom. The summed E-state index contributed by atoms with van der Waals surface area (Å²) in [5.41, 5.74) is 2.04. The van der Waals surface area contributed by atoms with Crippen molar-refractivity contribution in [2.45, 2.75) is 37.2 Å². The first-order valence-corrected chi connectivity index (χ1v) is 17.9. The van der Waals surface area contributed by atoms with E-state index in [1.165, 1.54) is 12.1 Å². The quantitative estimate of drug-likeness (QED) is 0.153. The van der Waals surface area contributed by atoms with Crippen LogP contribution in [0.5, 0.6) is 11.5 Å². The van der Waals surface area contributed by atoms with Gasteiger partial charge in [0, 0.05) is 35.6 Å². The summed E-state index contributed by atoms with van der Waals surface area (Å²) in [6.07, 6.45) is 3.28. The predicted molar refractivity (Wildman–Crippen MR) is 194 cm³/mol. The SMILES string of the molecule is O=C(O)CCN1C(=O)[C@H]2[C@H](CC=C3[C@H]2C[C@H]2C(=O)C(c4ccccc4)=CC(=O)[C@@]2(c2ccccc2)[C@H]3c2ccc(OCc3ccccc3)cc2O)C1=O. The first-order chi connectivity index (χ1) is 25.7. The number of benzene rings is 4. The lowest BCUT2D eigenvalue weighted by molar-refractivity contribution is -0.142. The number of carboxylic acids is 1. The van der Waals surface area contributed by atoms with Crippen molar-refractivity contribution < 1.29 is 38.9 Å². The summed E-state index contributed by atoms with van der Waals surface area (Å²) in [5, 5.41) is 21.3. The fourth-order valence-corrected chi connectivity index (χ4v) is 9.31. The maximum absolute atomic E-state index is 15.2. The fourth-order valence-electron chi connectivity index (χ4n) is 9.31. The molecule has 1 saturated carbocycles. The Morgan fingerprint density at radius 1 is 0.830 bits per heavy atom. The van der Waals surface area contributed by atoms with Crippen LogP contribution in [0.2, 0.25) is 0 Å². The van der Waals surface area contributed by atoms with Crippen molar-refractivity contribution in [3.05, 3.63) is 149 Å². The van der Waals surface area contributed by atoms with Crippen LogP contribution < -0.4 is 4.74 Å². The third-order valence-electron chi connectivity index (χ3n) is 11.6. The lowest BCUT2D eigenvalue weighted by Gasteiger charge is -2.55. The molecular formula is C44H37NO8. The summed E-state index contributed by atoms with van der Waals surface area (Å²) in [4.78, 5) is 70.5. The molecule has 0 spiro atoms. The van der Waals surface area contributed by atoms with Gasteiger partial charge in [-0.15, -0.1) is 0 Å². The number of likely N-dealkylation sites (tertiary alicyclic amines) is 1. The fraction of sp³-hybridized carbons (Fsp3) is 0.250. The number of nitrogens with zero attached hydrogens (tertiary/aromatic N) is 1. The topological polar surface area (TPSA) is 138 Å². The highest BCUT2D eigenvalue weighted by Crippen LogP contribution is 2.64. The predicted octanol–water partition coefficient (Wildman–Crippen LogP) is 6.27.